The Morgan fingerprint density at radius 3 is 2.27 bits per heavy atom. The van der Waals surface area contributed by atoms with Crippen LogP contribution in [0.5, 0.6) is 5.75 Å². The third kappa shape index (κ3) is 5.99. The van der Waals surface area contributed by atoms with Gasteiger partial charge in [0.05, 0.1) is 10.6 Å². The van der Waals surface area contributed by atoms with Crippen molar-refractivity contribution in [1.82, 2.24) is 0 Å². The summed E-state index contributed by atoms with van der Waals surface area (Å²) in [5.41, 5.74) is 2.55. The molecule has 0 spiro atoms. The van der Waals surface area contributed by atoms with E-state index < -0.39 is 0 Å². The monoisotopic (exact) mass is 442 g/mol. The van der Waals surface area contributed by atoms with Crippen molar-refractivity contribution in [2.45, 2.75) is 13.3 Å². The van der Waals surface area contributed by atoms with Crippen molar-refractivity contribution in [2.75, 3.05) is 17.2 Å². The molecule has 3 rings (SSSR count). The van der Waals surface area contributed by atoms with Gasteiger partial charge in [0.2, 0.25) is 0 Å². The number of halogens is 2. The molecule has 30 heavy (non-hydrogen) atoms. The highest BCUT2D eigenvalue weighted by molar-refractivity contribution is 6.37. The molecule has 0 aromatic heterocycles. The molecule has 0 fully saturated rings. The van der Waals surface area contributed by atoms with Gasteiger partial charge in [-0.05, 0) is 60.5 Å². The van der Waals surface area contributed by atoms with Crippen LogP contribution < -0.4 is 15.4 Å². The first-order chi connectivity index (χ1) is 14.4. The Morgan fingerprint density at radius 2 is 1.60 bits per heavy atom. The van der Waals surface area contributed by atoms with Crippen LogP contribution in [0.15, 0.2) is 66.7 Å². The maximum absolute atomic E-state index is 12.4. The highest BCUT2D eigenvalue weighted by atomic mass is 35.5. The van der Waals surface area contributed by atoms with E-state index in [0.717, 1.165) is 6.42 Å². The Kier molecular flexibility index (Phi) is 7.33. The number of anilines is 2. The van der Waals surface area contributed by atoms with Crippen molar-refractivity contribution in [3.05, 3.63) is 87.9 Å². The molecule has 0 aliphatic carbocycles. The topological polar surface area (TPSA) is 67.4 Å². The molecule has 0 bridgehead atoms. The lowest BCUT2D eigenvalue weighted by Gasteiger charge is -2.11. The Labute approximate surface area is 185 Å². The van der Waals surface area contributed by atoms with Crippen LogP contribution in [-0.2, 0) is 11.2 Å². The summed E-state index contributed by atoms with van der Waals surface area (Å²) < 4.78 is 5.51. The number of carbonyl (C=O) groups excluding carboxylic acids is 2. The van der Waals surface area contributed by atoms with E-state index >= 15 is 0 Å². The molecule has 0 saturated heterocycles. The molecule has 154 valence electrons. The van der Waals surface area contributed by atoms with Gasteiger partial charge in [-0.2, -0.15) is 0 Å². The SMILES string of the molecule is CCc1ccc(OCC(=O)Nc2cccc(NC(=O)c3ccc(Cl)cc3Cl)c2)cc1. The smallest absolute Gasteiger partial charge is 0.262 e. The molecular formula is C23H20Cl2N2O3. The second-order valence-corrected chi connectivity index (χ2v) is 7.34. The average molecular weight is 443 g/mol. The van der Waals surface area contributed by atoms with Gasteiger partial charge in [0.15, 0.2) is 6.61 Å². The van der Waals surface area contributed by atoms with E-state index in [9.17, 15) is 9.59 Å². The molecule has 2 amide bonds. The standard InChI is InChI=1S/C23H20Cl2N2O3/c1-2-15-6-9-19(10-7-15)30-14-22(28)26-17-4-3-5-18(13-17)27-23(29)20-11-8-16(24)12-21(20)25/h3-13H,2,14H2,1H3,(H,26,28)(H,27,29). The van der Waals surface area contributed by atoms with E-state index in [4.69, 9.17) is 27.9 Å². The normalized spacial score (nSPS) is 10.4. The van der Waals surface area contributed by atoms with Crippen LogP contribution in [0.4, 0.5) is 11.4 Å². The van der Waals surface area contributed by atoms with Crippen molar-refractivity contribution < 1.29 is 14.3 Å². The van der Waals surface area contributed by atoms with E-state index in [1.54, 1.807) is 36.4 Å². The summed E-state index contributed by atoms with van der Waals surface area (Å²) in [5, 5.41) is 6.21. The van der Waals surface area contributed by atoms with Crippen molar-refractivity contribution in [1.29, 1.82) is 0 Å². The number of hydrogen-bond donors (Lipinski definition) is 2. The predicted molar refractivity (Wildman–Crippen MR) is 121 cm³/mol. The molecule has 0 unspecified atom stereocenters. The van der Waals surface area contributed by atoms with Crippen LogP contribution in [-0.4, -0.2) is 18.4 Å². The first-order valence-electron chi connectivity index (χ1n) is 9.32. The van der Waals surface area contributed by atoms with E-state index in [1.807, 2.05) is 24.3 Å². The maximum atomic E-state index is 12.4. The fourth-order valence-corrected chi connectivity index (χ4v) is 3.21. The zero-order valence-corrected chi connectivity index (χ0v) is 17.8. The van der Waals surface area contributed by atoms with Crippen molar-refractivity contribution in [3.63, 3.8) is 0 Å². The zero-order chi connectivity index (χ0) is 21.5. The van der Waals surface area contributed by atoms with Gasteiger partial charge in [0.25, 0.3) is 11.8 Å². The third-order valence-corrected chi connectivity index (χ3v) is 4.83. The zero-order valence-electron chi connectivity index (χ0n) is 16.2. The second kappa shape index (κ2) is 10.1. The largest absolute Gasteiger partial charge is 0.484 e. The predicted octanol–water partition coefficient (Wildman–Crippen LogP) is 5.83. The molecule has 3 aromatic carbocycles. The maximum Gasteiger partial charge on any atom is 0.262 e. The van der Waals surface area contributed by atoms with E-state index in [2.05, 4.69) is 17.6 Å². The number of nitrogens with one attached hydrogen (secondary N) is 2. The van der Waals surface area contributed by atoms with Gasteiger partial charge >= 0.3 is 0 Å². The van der Waals surface area contributed by atoms with E-state index in [0.29, 0.717) is 27.7 Å². The average Bonchev–Trinajstić information content (AvgIpc) is 2.72. The van der Waals surface area contributed by atoms with Crippen LogP contribution in [0.25, 0.3) is 0 Å². The van der Waals surface area contributed by atoms with Crippen LogP contribution in [0.1, 0.15) is 22.8 Å². The highest BCUT2D eigenvalue weighted by Crippen LogP contribution is 2.23. The van der Waals surface area contributed by atoms with Gasteiger partial charge in [-0.1, -0.05) is 48.3 Å². The minimum Gasteiger partial charge on any atom is -0.484 e. The van der Waals surface area contributed by atoms with E-state index in [1.165, 1.54) is 11.6 Å². The molecule has 2 N–H and O–H groups in total. The van der Waals surface area contributed by atoms with Gasteiger partial charge in [0.1, 0.15) is 5.75 Å². The van der Waals surface area contributed by atoms with Gasteiger partial charge in [-0.15, -0.1) is 0 Å². The minimum absolute atomic E-state index is 0.123. The first-order valence-corrected chi connectivity index (χ1v) is 10.1. The lowest BCUT2D eigenvalue weighted by molar-refractivity contribution is -0.118. The summed E-state index contributed by atoms with van der Waals surface area (Å²) in [6.45, 7) is 1.95. The lowest BCUT2D eigenvalue weighted by atomic mass is 10.2. The Bertz CT molecular complexity index is 1050. The number of hydrogen-bond acceptors (Lipinski definition) is 3. The number of carbonyl (C=O) groups is 2. The van der Waals surface area contributed by atoms with Crippen LogP contribution in [0.2, 0.25) is 10.0 Å². The minimum atomic E-state index is -0.376. The molecule has 0 radical (unpaired) electrons. The highest BCUT2D eigenvalue weighted by Gasteiger charge is 2.12. The Hall–Kier alpha value is -3.02. The van der Waals surface area contributed by atoms with Crippen LogP contribution in [0.3, 0.4) is 0 Å². The number of aryl methyl sites for hydroxylation is 1. The molecule has 5 nitrogen and oxygen atoms in total. The molecule has 0 atom stereocenters. The third-order valence-electron chi connectivity index (χ3n) is 4.28. The summed E-state index contributed by atoms with van der Waals surface area (Å²) in [6, 6.07) is 19.1. The fraction of sp³-hybridized carbons (Fsp3) is 0.130. The number of benzene rings is 3. The Balaban J connectivity index is 1.57. The first kappa shape index (κ1) is 21.7. The molecule has 0 aliphatic rings. The Morgan fingerprint density at radius 1 is 0.900 bits per heavy atom. The van der Waals surface area contributed by atoms with Gasteiger partial charge in [0, 0.05) is 16.4 Å². The van der Waals surface area contributed by atoms with Crippen molar-refractivity contribution >= 4 is 46.4 Å². The molecule has 7 heteroatoms. The number of ether oxygens (including phenoxy) is 1. The number of amides is 2. The van der Waals surface area contributed by atoms with Gasteiger partial charge < -0.3 is 15.4 Å². The number of rotatable bonds is 7. The van der Waals surface area contributed by atoms with E-state index in [-0.39, 0.29) is 23.4 Å². The van der Waals surface area contributed by atoms with Crippen molar-refractivity contribution in [2.24, 2.45) is 0 Å². The van der Waals surface area contributed by atoms with Crippen LogP contribution >= 0.6 is 23.2 Å². The second-order valence-electron chi connectivity index (χ2n) is 6.49. The van der Waals surface area contributed by atoms with Gasteiger partial charge in [-0.25, -0.2) is 0 Å². The van der Waals surface area contributed by atoms with Crippen molar-refractivity contribution in [3.8, 4) is 5.75 Å². The molecule has 0 heterocycles. The summed E-state index contributed by atoms with van der Waals surface area (Å²) in [5.74, 6) is -0.0546. The quantitative estimate of drug-likeness (QED) is 0.483. The fourth-order valence-electron chi connectivity index (χ4n) is 2.71. The summed E-state index contributed by atoms with van der Waals surface area (Å²) in [4.78, 5) is 24.6. The van der Waals surface area contributed by atoms with Gasteiger partial charge in [-0.3, -0.25) is 9.59 Å². The summed E-state index contributed by atoms with van der Waals surface area (Å²) in [7, 11) is 0. The molecule has 0 aliphatic heterocycles. The summed E-state index contributed by atoms with van der Waals surface area (Å²) in [6.07, 6.45) is 0.942. The van der Waals surface area contributed by atoms with Crippen LogP contribution in [0, 0.1) is 0 Å². The lowest BCUT2D eigenvalue weighted by Crippen LogP contribution is -2.20. The molecule has 0 saturated carbocycles. The molecular weight excluding hydrogens is 423 g/mol. The molecule has 3 aromatic rings. The summed E-state index contributed by atoms with van der Waals surface area (Å²) >= 11 is 11.9.